The van der Waals surface area contributed by atoms with Gasteiger partial charge in [-0.1, -0.05) is 12.1 Å². The number of nitrogens with one attached hydrogen (secondary N) is 1. The first-order valence-corrected chi connectivity index (χ1v) is 8.79. The van der Waals surface area contributed by atoms with E-state index in [1.54, 1.807) is 13.0 Å². The van der Waals surface area contributed by atoms with Gasteiger partial charge in [0, 0.05) is 12.1 Å². The minimum atomic E-state index is -3.58. The first-order chi connectivity index (χ1) is 9.72. The molecule has 118 valence electrons. The van der Waals surface area contributed by atoms with Gasteiger partial charge in [0.1, 0.15) is 4.90 Å². The van der Waals surface area contributed by atoms with Crippen LogP contribution in [0.1, 0.15) is 30.9 Å². The monoisotopic (exact) mass is 311 g/mol. The van der Waals surface area contributed by atoms with Gasteiger partial charge in [-0.05, 0) is 58.3 Å². The second-order valence-electron chi connectivity index (χ2n) is 6.11. The van der Waals surface area contributed by atoms with Gasteiger partial charge in [0.2, 0.25) is 10.0 Å². The number of nitrogens with two attached hydrogens (primary N) is 1. The van der Waals surface area contributed by atoms with Gasteiger partial charge in [-0.2, -0.15) is 0 Å². The molecular weight excluding hydrogens is 286 g/mol. The highest BCUT2D eigenvalue weighted by molar-refractivity contribution is 7.89. The third-order valence-corrected chi connectivity index (χ3v) is 6.13. The van der Waals surface area contributed by atoms with Crippen molar-refractivity contribution in [1.29, 1.82) is 0 Å². The SMILES string of the molecule is Cc1ccc(C)c(S(=O)(=O)NC2CCN(C)C(C)C2)c1N. The molecule has 0 saturated carbocycles. The molecule has 1 aromatic rings. The number of hydrogen-bond donors (Lipinski definition) is 2. The largest absolute Gasteiger partial charge is 0.397 e. The lowest BCUT2D eigenvalue weighted by Crippen LogP contribution is -2.47. The number of nitrogens with zero attached hydrogens (tertiary/aromatic N) is 1. The van der Waals surface area contributed by atoms with E-state index in [1.807, 2.05) is 13.0 Å². The van der Waals surface area contributed by atoms with E-state index in [9.17, 15) is 8.42 Å². The van der Waals surface area contributed by atoms with Gasteiger partial charge in [0.25, 0.3) is 0 Å². The number of aryl methyl sites for hydroxylation is 2. The predicted octanol–water partition coefficient (Wildman–Crippen LogP) is 1.65. The minimum Gasteiger partial charge on any atom is -0.397 e. The smallest absolute Gasteiger partial charge is 0.243 e. The zero-order valence-corrected chi connectivity index (χ0v) is 14.0. The van der Waals surface area contributed by atoms with Crippen LogP contribution in [0.25, 0.3) is 0 Å². The lowest BCUT2D eigenvalue weighted by Gasteiger charge is -2.35. The lowest BCUT2D eigenvalue weighted by atomic mass is 10.0. The fourth-order valence-electron chi connectivity index (χ4n) is 2.84. The average molecular weight is 311 g/mol. The van der Waals surface area contributed by atoms with Gasteiger partial charge in [0.15, 0.2) is 0 Å². The number of piperidine rings is 1. The molecule has 0 radical (unpaired) electrons. The third kappa shape index (κ3) is 3.39. The molecule has 1 saturated heterocycles. The van der Waals surface area contributed by atoms with Crippen molar-refractivity contribution in [3.05, 3.63) is 23.3 Å². The topological polar surface area (TPSA) is 75.4 Å². The van der Waals surface area contributed by atoms with Gasteiger partial charge in [-0.3, -0.25) is 0 Å². The quantitative estimate of drug-likeness (QED) is 0.832. The zero-order valence-electron chi connectivity index (χ0n) is 13.2. The van der Waals surface area contributed by atoms with Crippen molar-refractivity contribution >= 4 is 15.7 Å². The Morgan fingerprint density at radius 3 is 2.52 bits per heavy atom. The molecule has 1 heterocycles. The fraction of sp³-hybridized carbons (Fsp3) is 0.600. The van der Waals surface area contributed by atoms with E-state index in [0.717, 1.165) is 24.9 Å². The van der Waals surface area contributed by atoms with Crippen molar-refractivity contribution in [2.24, 2.45) is 0 Å². The Kier molecular flexibility index (Phi) is 4.60. The van der Waals surface area contributed by atoms with Crippen LogP contribution in [0.5, 0.6) is 0 Å². The molecule has 2 rings (SSSR count). The van der Waals surface area contributed by atoms with Crippen molar-refractivity contribution in [2.75, 3.05) is 19.3 Å². The van der Waals surface area contributed by atoms with Crippen LogP contribution in [0.15, 0.2) is 17.0 Å². The Labute approximate surface area is 127 Å². The summed E-state index contributed by atoms with van der Waals surface area (Å²) in [4.78, 5) is 2.48. The van der Waals surface area contributed by atoms with Gasteiger partial charge in [-0.25, -0.2) is 13.1 Å². The molecule has 1 aliphatic rings. The molecule has 6 heteroatoms. The van der Waals surface area contributed by atoms with E-state index < -0.39 is 10.0 Å². The molecule has 21 heavy (non-hydrogen) atoms. The number of likely N-dealkylation sites (tertiary alicyclic amines) is 1. The zero-order chi connectivity index (χ0) is 15.8. The number of sulfonamides is 1. The maximum atomic E-state index is 12.7. The Hall–Kier alpha value is -1.11. The second-order valence-corrected chi connectivity index (χ2v) is 7.77. The molecule has 1 aliphatic heterocycles. The standard InChI is InChI=1S/C15H25N3O2S/c1-10-5-6-11(2)15(14(10)16)21(19,20)17-13-7-8-18(4)12(3)9-13/h5-6,12-13,17H,7-9,16H2,1-4H3. The molecule has 2 atom stereocenters. The molecule has 0 amide bonds. The first-order valence-electron chi connectivity index (χ1n) is 7.30. The van der Waals surface area contributed by atoms with E-state index in [1.165, 1.54) is 0 Å². The number of benzene rings is 1. The van der Waals surface area contributed by atoms with Crippen LogP contribution in [0.2, 0.25) is 0 Å². The number of hydrogen-bond acceptors (Lipinski definition) is 4. The van der Waals surface area contributed by atoms with Gasteiger partial charge in [0.05, 0.1) is 5.69 Å². The summed E-state index contributed by atoms with van der Waals surface area (Å²) >= 11 is 0. The van der Waals surface area contributed by atoms with Crippen molar-refractivity contribution in [3.8, 4) is 0 Å². The Bertz CT molecular complexity index is 628. The van der Waals surface area contributed by atoms with E-state index in [2.05, 4.69) is 23.6 Å². The highest BCUT2D eigenvalue weighted by atomic mass is 32.2. The molecule has 2 unspecified atom stereocenters. The van der Waals surface area contributed by atoms with Crippen LogP contribution >= 0.6 is 0 Å². The van der Waals surface area contributed by atoms with E-state index >= 15 is 0 Å². The third-order valence-electron chi connectivity index (χ3n) is 4.41. The molecule has 0 bridgehead atoms. The van der Waals surface area contributed by atoms with Crippen molar-refractivity contribution in [1.82, 2.24) is 9.62 Å². The number of rotatable bonds is 3. The highest BCUT2D eigenvalue weighted by Gasteiger charge is 2.29. The van der Waals surface area contributed by atoms with Crippen LogP contribution in [0.3, 0.4) is 0 Å². The summed E-state index contributed by atoms with van der Waals surface area (Å²) in [6.07, 6.45) is 1.64. The van der Waals surface area contributed by atoms with Crippen LogP contribution in [0.4, 0.5) is 5.69 Å². The van der Waals surface area contributed by atoms with Crippen molar-refractivity contribution in [2.45, 2.75) is 50.6 Å². The van der Waals surface area contributed by atoms with Crippen molar-refractivity contribution in [3.63, 3.8) is 0 Å². The normalized spacial score (nSPS) is 24.2. The maximum Gasteiger partial charge on any atom is 0.243 e. The van der Waals surface area contributed by atoms with Crippen molar-refractivity contribution < 1.29 is 8.42 Å². The summed E-state index contributed by atoms with van der Waals surface area (Å²) in [6.45, 7) is 6.62. The first kappa shape index (κ1) is 16.3. The lowest BCUT2D eigenvalue weighted by molar-refractivity contribution is 0.178. The summed E-state index contributed by atoms with van der Waals surface area (Å²) in [7, 11) is -1.51. The summed E-state index contributed by atoms with van der Waals surface area (Å²) in [5.74, 6) is 0. The van der Waals surface area contributed by atoms with Crippen LogP contribution < -0.4 is 10.5 Å². The molecule has 1 fully saturated rings. The Balaban J connectivity index is 2.26. The number of anilines is 1. The molecule has 0 spiro atoms. The van der Waals surface area contributed by atoms with E-state index in [-0.39, 0.29) is 10.9 Å². The van der Waals surface area contributed by atoms with E-state index in [4.69, 9.17) is 5.73 Å². The molecule has 1 aromatic carbocycles. The van der Waals surface area contributed by atoms with Gasteiger partial charge in [-0.15, -0.1) is 0 Å². The van der Waals surface area contributed by atoms with Crippen LogP contribution in [0, 0.1) is 13.8 Å². The maximum absolute atomic E-state index is 12.7. The molecule has 3 N–H and O–H groups in total. The summed E-state index contributed by atoms with van der Waals surface area (Å²) in [5.41, 5.74) is 7.82. The molecular formula is C15H25N3O2S. The minimum absolute atomic E-state index is 0.0273. The molecule has 0 aromatic heterocycles. The summed E-state index contributed by atoms with van der Waals surface area (Å²) in [6, 6.07) is 4.00. The van der Waals surface area contributed by atoms with E-state index in [0.29, 0.717) is 17.3 Å². The van der Waals surface area contributed by atoms with Gasteiger partial charge < -0.3 is 10.6 Å². The molecule has 5 nitrogen and oxygen atoms in total. The van der Waals surface area contributed by atoms with Crippen LogP contribution in [-0.4, -0.2) is 39.0 Å². The van der Waals surface area contributed by atoms with Crippen LogP contribution in [-0.2, 0) is 10.0 Å². The molecule has 0 aliphatic carbocycles. The summed E-state index contributed by atoms with van der Waals surface area (Å²) in [5, 5.41) is 0. The highest BCUT2D eigenvalue weighted by Crippen LogP contribution is 2.27. The predicted molar refractivity (Wildman–Crippen MR) is 85.8 cm³/mol. The number of nitrogen functional groups attached to an aromatic ring is 1. The average Bonchev–Trinajstić information content (AvgIpc) is 2.38. The fourth-order valence-corrected chi connectivity index (χ4v) is 4.55. The van der Waals surface area contributed by atoms with Gasteiger partial charge >= 0.3 is 0 Å². The Morgan fingerprint density at radius 2 is 1.90 bits per heavy atom. The second kappa shape index (κ2) is 5.94. The summed E-state index contributed by atoms with van der Waals surface area (Å²) < 4.78 is 28.2. The Morgan fingerprint density at radius 1 is 1.29 bits per heavy atom.